The minimum atomic E-state index is -0.870. The number of hydrogen-bond acceptors (Lipinski definition) is 5. The molecular formula is C25H27F2N7O2. The molecule has 0 spiro atoms. The number of anilines is 3. The summed E-state index contributed by atoms with van der Waals surface area (Å²) < 4.78 is 26.9. The van der Waals surface area contributed by atoms with E-state index in [-0.39, 0.29) is 17.5 Å². The van der Waals surface area contributed by atoms with Gasteiger partial charge in [-0.1, -0.05) is 12.1 Å². The number of urea groups is 1. The molecule has 36 heavy (non-hydrogen) atoms. The summed E-state index contributed by atoms with van der Waals surface area (Å²) in [6.07, 6.45) is 2.41. The van der Waals surface area contributed by atoms with Crippen molar-refractivity contribution in [1.82, 2.24) is 20.6 Å². The summed E-state index contributed by atoms with van der Waals surface area (Å²) in [4.78, 5) is 27.6. The van der Waals surface area contributed by atoms with Crippen LogP contribution < -0.4 is 21.0 Å². The third-order valence-electron chi connectivity index (χ3n) is 6.59. The fraction of sp³-hybridized carbons (Fsp3) is 0.320. The number of hydrogen-bond donors (Lipinski definition) is 4. The lowest BCUT2D eigenvalue weighted by atomic mass is 10.00. The third kappa shape index (κ3) is 5.01. The average Bonchev–Trinajstić information content (AvgIpc) is 3.60. The monoisotopic (exact) mass is 495 g/mol. The van der Waals surface area contributed by atoms with Crippen molar-refractivity contribution in [2.45, 2.75) is 38.8 Å². The van der Waals surface area contributed by atoms with Crippen molar-refractivity contribution in [2.24, 2.45) is 0 Å². The van der Waals surface area contributed by atoms with Crippen LogP contribution in [-0.4, -0.2) is 40.2 Å². The van der Waals surface area contributed by atoms with E-state index in [2.05, 4.69) is 43.3 Å². The Morgan fingerprint density at radius 3 is 2.50 bits per heavy atom. The second-order valence-electron chi connectivity index (χ2n) is 9.07. The van der Waals surface area contributed by atoms with Crippen molar-refractivity contribution in [3.05, 3.63) is 70.9 Å². The number of fused-ring (bicyclic) bond motifs is 1. The molecule has 188 valence electrons. The summed E-state index contributed by atoms with van der Waals surface area (Å²) in [5.41, 5.74) is 6.08. The summed E-state index contributed by atoms with van der Waals surface area (Å²) in [7, 11) is 0. The molecule has 2 aromatic carbocycles. The normalized spacial score (nSPS) is 16.0. The summed E-state index contributed by atoms with van der Waals surface area (Å²) in [6, 6.07) is 10.3. The molecule has 1 aromatic heterocycles. The first-order valence-electron chi connectivity index (χ1n) is 11.9. The van der Waals surface area contributed by atoms with E-state index in [1.54, 1.807) is 5.01 Å². The minimum Gasteiger partial charge on any atom is -0.372 e. The fourth-order valence-electron chi connectivity index (χ4n) is 4.53. The summed E-state index contributed by atoms with van der Waals surface area (Å²) >= 11 is 0. The molecule has 0 aliphatic carbocycles. The molecule has 0 bridgehead atoms. The largest absolute Gasteiger partial charge is 0.372 e. The Kier molecular flexibility index (Phi) is 6.55. The molecule has 1 unspecified atom stereocenters. The molecule has 0 radical (unpaired) electrons. The van der Waals surface area contributed by atoms with Crippen molar-refractivity contribution in [3.63, 3.8) is 0 Å². The lowest BCUT2D eigenvalue weighted by Crippen LogP contribution is -2.41. The molecule has 2 aliphatic heterocycles. The molecule has 3 aromatic rings. The zero-order chi connectivity index (χ0) is 25.2. The smallest absolute Gasteiger partial charge is 0.333 e. The van der Waals surface area contributed by atoms with Crippen molar-refractivity contribution in [1.29, 1.82) is 0 Å². The molecule has 4 N–H and O–H groups in total. The molecule has 0 saturated carbocycles. The van der Waals surface area contributed by atoms with E-state index >= 15 is 0 Å². The van der Waals surface area contributed by atoms with E-state index in [0.717, 1.165) is 42.0 Å². The van der Waals surface area contributed by atoms with Gasteiger partial charge >= 0.3 is 6.03 Å². The van der Waals surface area contributed by atoms with Gasteiger partial charge in [-0.2, -0.15) is 5.10 Å². The summed E-state index contributed by atoms with van der Waals surface area (Å²) in [6.45, 7) is 4.59. The van der Waals surface area contributed by atoms with Crippen LogP contribution in [0.5, 0.6) is 0 Å². The molecule has 11 heteroatoms. The van der Waals surface area contributed by atoms with Crippen molar-refractivity contribution in [2.75, 3.05) is 28.6 Å². The third-order valence-corrected chi connectivity index (χ3v) is 6.59. The van der Waals surface area contributed by atoms with Gasteiger partial charge in [-0.3, -0.25) is 15.3 Å². The highest BCUT2D eigenvalue weighted by molar-refractivity contribution is 5.95. The number of carbonyl (C=O) groups excluding carboxylic acids is 2. The molecule has 9 nitrogen and oxygen atoms in total. The topological polar surface area (TPSA) is 105 Å². The SMILES string of the molecule is CC(C(=O)Nc1n[nH]c2c1CN(NC(=O)Nc1ccc(F)cc1F)C2)c1ccc(N2CCCC2)cc1. The Hall–Kier alpha value is -3.99. The van der Waals surface area contributed by atoms with Gasteiger partial charge < -0.3 is 15.5 Å². The second-order valence-corrected chi connectivity index (χ2v) is 9.07. The van der Waals surface area contributed by atoms with Gasteiger partial charge in [0.15, 0.2) is 5.82 Å². The van der Waals surface area contributed by atoms with Crippen LogP contribution in [0.3, 0.4) is 0 Å². The van der Waals surface area contributed by atoms with E-state index in [4.69, 9.17) is 0 Å². The molecular weight excluding hydrogens is 468 g/mol. The van der Waals surface area contributed by atoms with Crippen LogP contribution >= 0.6 is 0 Å². The summed E-state index contributed by atoms with van der Waals surface area (Å²) in [5.74, 6) is -1.76. The average molecular weight is 496 g/mol. The number of hydrazine groups is 1. The molecule has 1 atom stereocenters. The maximum Gasteiger partial charge on any atom is 0.333 e. The maximum atomic E-state index is 13.8. The Morgan fingerprint density at radius 2 is 1.78 bits per heavy atom. The van der Waals surface area contributed by atoms with Crippen LogP contribution in [0.2, 0.25) is 0 Å². The minimum absolute atomic E-state index is 0.135. The van der Waals surface area contributed by atoms with Gasteiger partial charge in [-0.15, -0.1) is 0 Å². The van der Waals surface area contributed by atoms with Crippen molar-refractivity contribution >= 4 is 29.1 Å². The first-order valence-corrected chi connectivity index (χ1v) is 11.9. The van der Waals surface area contributed by atoms with Crippen LogP contribution in [0.4, 0.5) is 30.8 Å². The molecule has 1 fully saturated rings. The number of nitrogens with zero attached hydrogens (tertiary/aromatic N) is 3. The van der Waals surface area contributed by atoms with Gasteiger partial charge in [-0.25, -0.2) is 18.6 Å². The van der Waals surface area contributed by atoms with Crippen LogP contribution in [0.25, 0.3) is 0 Å². The van der Waals surface area contributed by atoms with Gasteiger partial charge in [0.25, 0.3) is 0 Å². The van der Waals surface area contributed by atoms with Gasteiger partial charge in [0.2, 0.25) is 5.91 Å². The molecule has 3 heterocycles. The molecule has 2 aliphatic rings. The predicted octanol–water partition coefficient (Wildman–Crippen LogP) is 4.08. The fourth-order valence-corrected chi connectivity index (χ4v) is 4.53. The number of rotatable bonds is 6. The lowest BCUT2D eigenvalue weighted by Gasteiger charge is -2.19. The van der Waals surface area contributed by atoms with Gasteiger partial charge in [0.1, 0.15) is 11.6 Å². The Balaban J connectivity index is 1.17. The molecule has 3 amide bonds. The zero-order valence-electron chi connectivity index (χ0n) is 19.8. The van der Waals surface area contributed by atoms with E-state index in [1.165, 1.54) is 18.5 Å². The highest BCUT2D eigenvalue weighted by atomic mass is 19.1. The molecule has 1 saturated heterocycles. The van der Waals surface area contributed by atoms with Gasteiger partial charge in [0, 0.05) is 37.0 Å². The lowest BCUT2D eigenvalue weighted by molar-refractivity contribution is -0.117. The number of benzene rings is 2. The van der Waals surface area contributed by atoms with Crippen molar-refractivity contribution < 1.29 is 18.4 Å². The molecule has 5 rings (SSSR count). The second kappa shape index (κ2) is 9.94. The van der Waals surface area contributed by atoms with Gasteiger partial charge in [-0.05, 0) is 49.6 Å². The number of nitrogens with one attached hydrogen (secondary N) is 4. The van der Waals surface area contributed by atoms with E-state index in [1.807, 2.05) is 19.1 Å². The number of halogens is 2. The Morgan fingerprint density at radius 1 is 1.03 bits per heavy atom. The van der Waals surface area contributed by atoms with Crippen LogP contribution in [0.1, 0.15) is 42.5 Å². The first-order chi connectivity index (χ1) is 17.4. The highest BCUT2D eigenvalue weighted by Crippen LogP contribution is 2.28. The maximum absolute atomic E-state index is 13.8. The van der Waals surface area contributed by atoms with Crippen LogP contribution in [-0.2, 0) is 17.9 Å². The number of H-pyrrole nitrogens is 1. The number of aromatic amines is 1. The first kappa shape index (κ1) is 23.7. The quantitative estimate of drug-likeness (QED) is 0.413. The number of aromatic nitrogens is 2. The number of amides is 3. The van der Waals surface area contributed by atoms with Gasteiger partial charge in [0.05, 0.1) is 23.8 Å². The Labute approximate surface area is 206 Å². The van der Waals surface area contributed by atoms with E-state index in [9.17, 15) is 18.4 Å². The number of carbonyl (C=O) groups is 2. The van der Waals surface area contributed by atoms with Crippen molar-refractivity contribution in [3.8, 4) is 0 Å². The highest BCUT2D eigenvalue weighted by Gasteiger charge is 2.28. The van der Waals surface area contributed by atoms with Crippen LogP contribution in [0, 0.1) is 11.6 Å². The van der Waals surface area contributed by atoms with E-state index < -0.39 is 17.7 Å². The summed E-state index contributed by atoms with van der Waals surface area (Å²) in [5, 5.41) is 13.9. The standard InChI is InChI=1S/C25H27F2N7O2/c1-15(16-4-7-18(8-5-16)33-10-2-3-11-33)24(35)29-23-19-13-34(14-22(19)30-31-23)32-25(36)28-21-9-6-17(26)12-20(21)27/h4-9,12,15H,2-3,10-11,13-14H2,1H3,(H2,28,32,36)(H2,29,30,31,35). The zero-order valence-corrected chi connectivity index (χ0v) is 19.8. The van der Waals surface area contributed by atoms with Crippen LogP contribution in [0.15, 0.2) is 42.5 Å². The van der Waals surface area contributed by atoms with E-state index in [0.29, 0.717) is 25.0 Å². The Bertz CT molecular complexity index is 1270. The predicted molar refractivity (Wildman–Crippen MR) is 131 cm³/mol.